The van der Waals surface area contributed by atoms with Gasteiger partial charge in [0.15, 0.2) is 11.5 Å². The molecule has 0 aliphatic carbocycles. The SMILES string of the molecule is Cc1cnc(-c2cnc3nc[nH]c(=O)c3c2)nc1. The van der Waals surface area contributed by atoms with Gasteiger partial charge in [0.05, 0.1) is 11.7 Å². The van der Waals surface area contributed by atoms with Crippen molar-refractivity contribution in [2.75, 3.05) is 0 Å². The van der Waals surface area contributed by atoms with Crippen LogP contribution < -0.4 is 5.56 Å². The number of nitrogens with zero attached hydrogens (tertiary/aromatic N) is 4. The van der Waals surface area contributed by atoms with Gasteiger partial charge in [-0.05, 0) is 18.6 Å². The molecule has 3 heterocycles. The third-order valence-electron chi connectivity index (χ3n) is 2.53. The van der Waals surface area contributed by atoms with Gasteiger partial charge in [0.2, 0.25) is 0 Å². The summed E-state index contributed by atoms with van der Waals surface area (Å²) < 4.78 is 0. The second-order valence-electron chi connectivity index (χ2n) is 3.91. The van der Waals surface area contributed by atoms with E-state index in [1.807, 2.05) is 6.92 Å². The van der Waals surface area contributed by atoms with Crippen LogP contribution in [-0.4, -0.2) is 24.9 Å². The van der Waals surface area contributed by atoms with Crippen LogP contribution in [0.5, 0.6) is 0 Å². The molecule has 0 radical (unpaired) electrons. The fourth-order valence-electron chi connectivity index (χ4n) is 1.62. The minimum absolute atomic E-state index is 0.221. The molecule has 88 valence electrons. The second kappa shape index (κ2) is 3.99. The van der Waals surface area contributed by atoms with Gasteiger partial charge < -0.3 is 4.98 Å². The van der Waals surface area contributed by atoms with Crippen molar-refractivity contribution in [2.24, 2.45) is 0 Å². The standard InChI is InChI=1S/C12H9N5O/c1-7-3-13-10(14-4-7)8-2-9-11(15-5-8)16-6-17-12(9)18/h2-6H,1H3,(H,15,16,17,18). The number of hydrogen-bond acceptors (Lipinski definition) is 5. The van der Waals surface area contributed by atoms with E-state index in [4.69, 9.17) is 0 Å². The maximum atomic E-state index is 11.6. The Morgan fingerprint density at radius 2 is 1.83 bits per heavy atom. The molecule has 1 N–H and O–H groups in total. The minimum atomic E-state index is -0.221. The molecule has 6 heteroatoms. The van der Waals surface area contributed by atoms with Gasteiger partial charge in [-0.1, -0.05) is 0 Å². The molecule has 3 aromatic rings. The Balaban J connectivity index is 2.22. The quantitative estimate of drug-likeness (QED) is 0.687. The van der Waals surface area contributed by atoms with Crippen molar-refractivity contribution >= 4 is 11.0 Å². The molecule has 0 bridgehead atoms. The van der Waals surface area contributed by atoms with E-state index in [0.717, 1.165) is 5.56 Å². The molecule has 0 spiro atoms. The number of nitrogens with one attached hydrogen (secondary N) is 1. The number of aromatic nitrogens is 5. The van der Waals surface area contributed by atoms with Crippen LogP contribution in [0.2, 0.25) is 0 Å². The molecule has 0 aliphatic heterocycles. The number of pyridine rings is 1. The number of hydrogen-bond donors (Lipinski definition) is 1. The normalized spacial score (nSPS) is 10.7. The van der Waals surface area contributed by atoms with Gasteiger partial charge in [-0.3, -0.25) is 4.79 Å². The lowest BCUT2D eigenvalue weighted by molar-refractivity contribution is 1.12. The molecule has 0 amide bonds. The van der Waals surface area contributed by atoms with E-state index in [9.17, 15) is 4.79 Å². The van der Waals surface area contributed by atoms with E-state index in [1.54, 1.807) is 24.7 Å². The highest BCUT2D eigenvalue weighted by molar-refractivity contribution is 5.78. The summed E-state index contributed by atoms with van der Waals surface area (Å²) in [5.74, 6) is 0.540. The van der Waals surface area contributed by atoms with Gasteiger partial charge in [-0.25, -0.2) is 19.9 Å². The van der Waals surface area contributed by atoms with Crippen molar-refractivity contribution < 1.29 is 0 Å². The van der Waals surface area contributed by atoms with Gasteiger partial charge in [-0.15, -0.1) is 0 Å². The van der Waals surface area contributed by atoms with Crippen molar-refractivity contribution in [3.63, 3.8) is 0 Å². The zero-order valence-corrected chi connectivity index (χ0v) is 9.58. The summed E-state index contributed by atoms with van der Waals surface area (Å²) in [4.78, 5) is 30.7. The number of aromatic amines is 1. The highest BCUT2D eigenvalue weighted by atomic mass is 16.1. The van der Waals surface area contributed by atoms with E-state index >= 15 is 0 Å². The highest BCUT2D eigenvalue weighted by Crippen LogP contribution is 2.15. The Bertz CT molecular complexity index is 763. The van der Waals surface area contributed by atoms with Gasteiger partial charge in [0.25, 0.3) is 5.56 Å². The first-order valence-electron chi connectivity index (χ1n) is 5.36. The lowest BCUT2D eigenvalue weighted by Crippen LogP contribution is -2.07. The molecule has 18 heavy (non-hydrogen) atoms. The maximum absolute atomic E-state index is 11.6. The molecule has 3 rings (SSSR count). The zero-order valence-electron chi connectivity index (χ0n) is 9.58. The summed E-state index contributed by atoms with van der Waals surface area (Å²) in [5.41, 5.74) is 1.86. The average Bonchev–Trinajstić information content (AvgIpc) is 2.40. The molecule has 0 saturated heterocycles. The van der Waals surface area contributed by atoms with Crippen molar-refractivity contribution in [1.29, 1.82) is 0 Å². The summed E-state index contributed by atoms with van der Waals surface area (Å²) in [6.07, 6.45) is 6.39. The third kappa shape index (κ3) is 1.73. The fourth-order valence-corrected chi connectivity index (χ4v) is 1.62. The van der Waals surface area contributed by atoms with Crippen LogP contribution in [0.1, 0.15) is 5.56 Å². The Hall–Kier alpha value is -2.63. The first-order valence-corrected chi connectivity index (χ1v) is 5.36. The van der Waals surface area contributed by atoms with Crippen LogP contribution >= 0.6 is 0 Å². The van der Waals surface area contributed by atoms with Crippen molar-refractivity contribution in [3.05, 3.63) is 46.9 Å². The van der Waals surface area contributed by atoms with E-state index < -0.39 is 0 Å². The number of aryl methyl sites for hydroxylation is 1. The fraction of sp³-hybridized carbons (Fsp3) is 0.0833. The topological polar surface area (TPSA) is 84.4 Å². The molecular weight excluding hydrogens is 230 g/mol. The van der Waals surface area contributed by atoms with E-state index in [1.165, 1.54) is 6.33 Å². The smallest absolute Gasteiger partial charge is 0.260 e. The van der Waals surface area contributed by atoms with E-state index in [2.05, 4.69) is 24.9 Å². The summed E-state index contributed by atoms with van der Waals surface area (Å²) in [5, 5.41) is 0.430. The predicted molar refractivity (Wildman–Crippen MR) is 65.9 cm³/mol. The lowest BCUT2D eigenvalue weighted by Gasteiger charge is -2.01. The summed E-state index contributed by atoms with van der Waals surface area (Å²) in [6.45, 7) is 1.91. The maximum Gasteiger partial charge on any atom is 0.260 e. The predicted octanol–water partition coefficient (Wildman–Crippen LogP) is 1.08. The Morgan fingerprint density at radius 1 is 1.06 bits per heavy atom. The second-order valence-corrected chi connectivity index (χ2v) is 3.91. The molecule has 0 aromatic carbocycles. The molecule has 0 saturated carbocycles. The van der Waals surface area contributed by atoms with Crippen LogP contribution in [0.3, 0.4) is 0 Å². The van der Waals surface area contributed by atoms with Gasteiger partial charge >= 0.3 is 0 Å². The first-order chi connectivity index (χ1) is 8.74. The van der Waals surface area contributed by atoms with Crippen LogP contribution in [0.15, 0.2) is 35.8 Å². The number of H-pyrrole nitrogens is 1. The lowest BCUT2D eigenvalue weighted by atomic mass is 10.2. The Morgan fingerprint density at radius 3 is 2.61 bits per heavy atom. The number of fused-ring (bicyclic) bond motifs is 1. The highest BCUT2D eigenvalue weighted by Gasteiger charge is 2.06. The average molecular weight is 239 g/mol. The summed E-state index contributed by atoms with van der Waals surface area (Å²) >= 11 is 0. The van der Waals surface area contributed by atoms with Gasteiger partial charge in [0, 0.05) is 24.2 Å². The molecular formula is C12H9N5O. The van der Waals surface area contributed by atoms with E-state index in [0.29, 0.717) is 22.4 Å². The van der Waals surface area contributed by atoms with Crippen LogP contribution in [-0.2, 0) is 0 Å². The van der Waals surface area contributed by atoms with Gasteiger partial charge in [0.1, 0.15) is 0 Å². The molecule has 0 atom stereocenters. The summed E-state index contributed by atoms with van der Waals surface area (Å²) in [7, 11) is 0. The first kappa shape index (κ1) is 10.5. The molecule has 6 nitrogen and oxygen atoms in total. The zero-order chi connectivity index (χ0) is 12.5. The van der Waals surface area contributed by atoms with E-state index in [-0.39, 0.29) is 5.56 Å². The third-order valence-corrected chi connectivity index (χ3v) is 2.53. The van der Waals surface area contributed by atoms with Crippen LogP contribution in [0.4, 0.5) is 0 Å². The monoisotopic (exact) mass is 239 g/mol. The molecule has 3 aromatic heterocycles. The Kier molecular flexibility index (Phi) is 2.33. The summed E-state index contributed by atoms with van der Waals surface area (Å²) in [6, 6.07) is 1.69. The number of rotatable bonds is 1. The van der Waals surface area contributed by atoms with Crippen molar-refractivity contribution in [2.45, 2.75) is 6.92 Å². The Labute approximate surface area is 102 Å². The largest absolute Gasteiger partial charge is 0.313 e. The van der Waals surface area contributed by atoms with Crippen LogP contribution in [0, 0.1) is 6.92 Å². The van der Waals surface area contributed by atoms with Crippen LogP contribution in [0.25, 0.3) is 22.4 Å². The molecule has 0 aliphatic rings. The minimum Gasteiger partial charge on any atom is -0.313 e. The van der Waals surface area contributed by atoms with Gasteiger partial charge in [-0.2, -0.15) is 0 Å². The molecule has 0 fully saturated rings. The van der Waals surface area contributed by atoms with Crippen molar-refractivity contribution in [3.8, 4) is 11.4 Å². The van der Waals surface area contributed by atoms with Crippen molar-refractivity contribution in [1.82, 2.24) is 24.9 Å². The molecule has 0 unspecified atom stereocenters.